The second-order valence-electron chi connectivity index (χ2n) is 6.55. The molecule has 0 saturated heterocycles. The SMILES string of the molecule is C.Fc1cc2cc(Br)c(Br)cc2cc1F.OC1c2cc(F)c(F)cc2C(O)C(Br)C1Br. The van der Waals surface area contributed by atoms with Gasteiger partial charge >= 0.3 is 0 Å². The molecule has 10 heteroatoms. The molecule has 0 aromatic heterocycles. The Morgan fingerprint density at radius 3 is 1.19 bits per heavy atom. The van der Waals surface area contributed by atoms with Crippen LogP contribution >= 0.6 is 63.7 Å². The van der Waals surface area contributed by atoms with E-state index < -0.39 is 45.1 Å². The summed E-state index contributed by atoms with van der Waals surface area (Å²) in [7, 11) is 0. The molecule has 2 nitrogen and oxygen atoms in total. The molecule has 0 radical (unpaired) electrons. The number of benzene rings is 3. The van der Waals surface area contributed by atoms with Crippen molar-refractivity contribution in [1.29, 1.82) is 0 Å². The van der Waals surface area contributed by atoms with Crippen LogP contribution in [-0.2, 0) is 0 Å². The molecule has 1 aliphatic rings. The highest BCUT2D eigenvalue weighted by molar-refractivity contribution is 9.13. The van der Waals surface area contributed by atoms with Crippen molar-refractivity contribution in [2.24, 2.45) is 0 Å². The molecule has 31 heavy (non-hydrogen) atoms. The van der Waals surface area contributed by atoms with Crippen LogP contribution in [0.4, 0.5) is 17.6 Å². The summed E-state index contributed by atoms with van der Waals surface area (Å²) in [5.41, 5.74) is 0.424. The van der Waals surface area contributed by atoms with Crippen LogP contribution in [0.3, 0.4) is 0 Å². The van der Waals surface area contributed by atoms with Gasteiger partial charge in [0.2, 0.25) is 0 Å². The fourth-order valence-electron chi connectivity index (χ4n) is 3.02. The van der Waals surface area contributed by atoms with E-state index in [4.69, 9.17) is 0 Å². The summed E-state index contributed by atoms with van der Waals surface area (Å²) >= 11 is 13.0. The number of hydrogen-bond donors (Lipinski definition) is 2. The third-order valence-electron chi connectivity index (χ3n) is 4.59. The summed E-state index contributed by atoms with van der Waals surface area (Å²) in [4.78, 5) is -0.917. The van der Waals surface area contributed by atoms with Gasteiger partial charge in [-0.15, -0.1) is 0 Å². The summed E-state index contributed by atoms with van der Waals surface area (Å²) in [6.07, 6.45) is -1.98. The van der Waals surface area contributed by atoms with E-state index in [1.165, 1.54) is 12.1 Å². The highest BCUT2D eigenvalue weighted by Crippen LogP contribution is 2.44. The first-order valence-electron chi connectivity index (χ1n) is 8.38. The summed E-state index contributed by atoms with van der Waals surface area (Å²) in [5.74, 6) is -3.71. The molecule has 2 N–H and O–H groups in total. The van der Waals surface area contributed by atoms with Crippen molar-refractivity contribution < 1.29 is 27.8 Å². The lowest BCUT2D eigenvalue weighted by molar-refractivity contribution is 0.105. The molecule has 0 fully saturated rings. The first-order chi connectivity index (χ1) is 14.0. The van der Waals surface area contributed by atoms with Gasteiger partial charge in [-0.25, -0.2) is 17.6 Å². The molecule has 3 aromatic rings. The average Bonchev–Trinajstić information content (AvgIpc) is 2.69. The Bertz CT molecular complexity index is 984. The van der Waals surface area contributed by atoms with E-state index >= 15 is 0 Å². The van der Waals surface area contributed by atoms with Crippen molar-refractivity contribution in [3.8, 4) is 0 Å². The van der Waals surface area contributed by atoms with Crippen LogP contribution in [0.2, 0.25) is 0 Å². The number of alkyl halides is 2. The molecule has 0 heterocycles. The summed E-state index contributed by atoms with van der Waals surface area (Å²) < 4.78 is 53.5. The van der Waals surface area contributed by atoms with Crippen molar-refractivity contribution in [3.63, 3.8) is 0 Å². The normalized spacial score (nSPS) is 22.3. The molecule has 0 bridgehead atoms. The van der Waals surface area contributed by atoms with E-state index in [1.807, 2.05) is 0 Å². The minimum absolute atomic E-state index is 0. The molecule has 1 aliphatic carbocycles. The third kappa shape index (κ3) is 5.52. The zero-order valence-corrected chi connectivity index (χ0v) is 21.0. The number of aliphatic hydroxyl groups is 2. The van der Waals surface area contributed by atoms with Crippen LogP contribution < -0.4 is 0 Å². The first kappa shape index (κ1) is 26.7. The molecule has 4 atom stereocenters. The number of hydrogen-bond acceptors (Lipinski definition) is 2. The fourth-order valence-corrected chi connectivity index (χ4v) is 4.89. The van der Waals surface area contributed by atoms with Crippen molar-refractivity contribution in [3.05, 3.63) is 79.7 Å². The summed E-state index contributed by atoms with van der Waals surface area (Å²) in [6, 6.07) is 7.69. The molecule has 3 aromatic carbocycles. The third-order valence-corrected chi connectivity index (χ3v) is 9.28. The predicted octanol–water partition coefficient (Wildman–Crippen LogP) is 7.85. The van der Waals surface area contributed by atoms with E-state index in [0.717, 1.165) is 21.1 Å². The zero-order chi connectivity index (χ0) is 22.3. The molecule has 0 aliphatic heterocycles. The van der Waals surface area contributed by atoms with Crippen LogP contribution in [-0.4, -0.2) is 19.9 Å². The van der Waals surface area contributed by atoms with Crippen LogP contribution in [0.1, 0.15) is 30.8 Å². The smallest absolute Gasteiger partial charge is 0.159 e. The number of halogens is 8. The lowest BCUT2D eigenvalue weighted by Gasteiger charge is -2.34. The Balaban J connectivity index is 0.000000215. The standard InChI is InChI=1S/C10H8Br2F2O2.C10H4Br2F2.CH4/c11-7-8(12)10(16)4-2-6(14)5(13)1-3(4)9(7)15;11-7-1-5-3-9(13)10(14)4-6(5)2-8(7)12;/h1-2,7-10,15-16H;1-4H;1H4. The van der Waals surface area contributed by atoms with Gasteiger partial charge in [-0.05, 0) is 90.2 Å². The molecule has 168 valence electrons. The maximum Gasteiger partial charge on any atom is 0.159 e. The fraction of sp³-hybridized carbons (Fsp3) is 0.238. The maximum atomic E-state index is 13.0. The first-order valence-corrected chi connectivity index (χ1v) is 11.8. The molecule has 4 rings (SSSR count). The van der Waals surface area contributed by atoms with Gasteiger partial charge in [0.05, 0.1) is 21.9 Å². The van der Waals surface area contributed by atoms with Gasteiger partial charge in [-0.1, -0.05) is 39.3 Å². The van der Waals surface area contributed by atoms with Crippen molar-refractivity contribution in [1.82, 2.24) is 0 Å². The number of rotatable bonds is 0. The zero-order valence-electron chi connectivity index (χ0n) is 14.7. The lowest BCUT2D eigenvalue weighted by atomic mass is 9.87. The van der Waals surface area contributed by atoms with E-state index in [2.05, 4.69) is 63.7 Å². The minimum atomic E-state index is -1.03. The van der Waals surface area contributed by atoms with Gasteiger partial charge in [0, 0.05) is 8.95 Å². The Morgan fingerprint density at radius 2 is 0.871 bits per heavy atom. The Hall–Kier alpha value is -0.520. The van der Waals surface area contributed by atoms with Crippen molar-refractivity contribution >= 4 is 74.5 Å². The van der Waals surface area contributed by atoms with E-state index in [1.54, 1.807) is 12.1 Å². The van der Waals surface area contributed by atoms with Gasteiger partial charge < -0.3 is 10.2 Å². The predicted molar refractivity (Wildman–Crippen MR) is 128 cm³/mol. The van der Waals surface area contributed by atoms with Gasteiger partial charge in [0.1, 0.15) is 0 Å². The molecule has 4 unspecified atom stereocenters. The average molecular weight is 696 g/mol. The molecular formula is C21H16Br4F4O2. The van der Waals surface area contributed by atoms with E-state index in [0.29, 0.717) is 10.8 Å². The molecule has 0 saturated carbocycles. The minimum Gasteiger partial charge on any atom is -0.387 e. The number of fused-ring (bicyclic) bond motifs is 2. The van der Waals surface area contributed by atoms with Gasteiger partial charge in [0.15, 0.2) is 23.3 Å². The summed E-state index contributed by atoms with van der Waals surface area (Å²) in [6.45, 7) is 0. The lowest BCUT2D eigenvalue weighted by Crippen LogP contribution is -2.34. The largest absolute Gasteiger partial charge is 0.387 e. The number of aliphatic hydroxyl groups excluding tert-OH is 2. The van der Waals surface area contributed by atoms with E-state index in [9.17, 15) is 27.8 Å². The van der Waals surface area contributed by atoms with Crippen LogP contribution in [0.15, 0.2) is 45.3 Å². The van der Waals surface area contributed by atoms with Crippen LogP contribution in [0, 0.1) is 23.3 Å². The van der Waals surface area contributed by atoms with Crippen molar-refractivity contribution in [2.75, 3.05) is 0 Å². The Morgan fingerprint density at radius 1 is 0.581 bits per heavy atom. The Labute approximate surface area is 210 Å². The maximum absolute atomic E-state index is 13.0. The van der Waals surface area contributed by atoms with Crippen LogP contribution in [0.5, 0.6) is 0 Å². The monoisotopic (exact) mass is 692 g/mol. The van der Waals surface area contributed by atoms with Gasteiger partial charge in [-0.2, -0.15) is 0 Å². The highest BCUT2D eigenvalue weighted by atomic mass is 79.9. The van der Waals surface area contributed by atoms with E-state index in [-0.39, 0.29) is 18.6 Å². The topological polar surface area (TPSA) is 40.5 Å². The Kier molecular flexibility index (Phi) is 9.15. The molecular weight excluding hydrogens is 680 g/mol. The molecule has 0 spiro atoms. The van der Waals surface area contributed by atoms with Gasteiger partial charge in [0.25, 0.3) is 0 Å². The highest BCUT2D eigenvalue weighted by Gasteiger charge is 2.39. The van der Waals surface area contributed by atoms with Gasteiger partial charge in [-0.3, -0.25) is 0 Å². The summed E-state index contributed by atoms with van der Waals surface area (Å²) in [5, 5.41) is 21.0. The quantitative estimate of drug-likeness (QED) is 0.186. The second kappa shape index (κ2) is 10.6. The van der Waals surface area contributed by atoms with Crippen molar-refractivity contribution in [2.45, 2.75) is 29.3 Å². The molecule has 0 amide bonds. The van der Waals surface area contributed by atoms with Crippen LogP contribution in [0.25, 0.3) is 10.8 Å². The second-order valence-corrected chi connectivity index (χ2v) is 10.4.